The van der Waals surface area contributed by atoms with E-state index >= 15 is 0 Å². The Morgan fingerprint density at radius 1 is 1.50 bits per heavy atom. The first-order valence-corrected chi connectivity index (χ1v) is 8.05. The molecule has 1 fully saturated rings. The second kappa shape index (κ2) is 6.35. The van der Waals surface area contributed by atoms with E-state index in [0.717, 1.165) is 0 Å². The third-order valence-corrected chi connectivity index (χ3v) is 4.75. The summed E-state index contributed by atoms with van der Waals surface area (Å²) in [6.45, 7) is 2.23. The van der Waals surface area contributed by atoms with Gasteiger partial charge in [-0.25, -0.2) is 13.1 Å². The third kappa shape index (κ3) is 4.04. The number of aromatic nitrogens is 1. The van der Waals surface area contributed by atoms with Gasteiger partial charge in [-0.15, -0.1) is 0 Å². The van der Waals surface area contributed by atoms with Crippen molar-refractivity contribution in [2.24, 2.45) is 11.8 Å². The molecule has 2 N–H and O–H groups in total. The first-order chi connectivity index (χ1) is 9.53. The minimum Gasteiger partial charge on any atom is -0.384 e. The number of rotatable bonds is 5. The largest absolute Gasteiger partial charge is 0.384 e. The van der Waals surface area contributed by atoms with Gasteiger partial charge in [-0.3, -0.25) is 4.98 Å². The predicted molar refractivity (Wildman–Crippen MR) is 75.3 cm³/mol. The van der Waals surface area contributed by atoms with E-state index in [2.05, 4.69) is 28.5 Å². The molecule has 0 aromatic carbocycles. The predicted octanol–water partition coefficient (Wildman–Crippen LogP) is 0.750. The highest BCUT2D eigenvalue weighted by Gasteiger charge is 2.28. The molecule has 6 heteroatoms. The van der Waals surface area contributed by atoms with Gasteiger partial charge in [-0.1, -0.05) is 18.8 Å². The SMILES string of the molecule is CC(CNS(=O)(=O)c1cncc(C#CCO)c1)C1CC1. The van der Waals surface area contributed by atoms with Gasteiger partial charge in [-0.2, -0.15) is 0 Å². The molecule has 0 amide bonds. The van der Waals surface area contributed by atoms with Gasteiger partial charge < -0.3 is 5.11 Å². The number of aliphatic hydroxyl groups excluding tert-OH is 1. The lowest BCUT2D eigenvalue weighted by Crippen LogP contribution is -2.29. The van der Waals surface area contributed by atoms with Crippen LogP contribution < -0.4 is 4.72 Å². The van der Waals surface area contributed by atoms with E-state index in [1.165, 1.54) is 31.3 Å². The Morgan fingerprint density at radius 3 is 2.90 bits per heavy atom. The van der Waals surface area contributed by atoms with Gasteiger partial charge in [0.05, 0.1) is 0 Å². The third-order valence-electron chi connectivity index (χ3n) is 3.36. The van der Waals surface area contributed by atoms with Crippen LogP contribution in [0.25, 0.3) is 0 Å². The Hall–Kier alpha value is -1.42. The Balaban J connectivity index is 2.07. The highest BCUT2D eigenvalue weighted by Crippen LogP contribution is 2.36. The lowest BCUT2D eigenvalue weighted by Gasteiger charge is -2.11. The molecular formula is C14H18N2O3S. The van der Waals surface area contributed by atoms with E-state index in [4.69, 9.17) is 5.11 Å². The maximum Gasteiger partial charge on any atom is 0.242 e. The molecule has 2 rings (SSSR count). The monoisotopic (exact) mass is 294 g/mol. The highest BCUT2D eigenvalue weighted by molar-refractivity contribution is 7.89. The quantitative estimate of drug-likeness (QED) is 0.785. The minimum absolute atomic E-state index is 0.102. The summed E-state index contributed by atoms with van der Waals surface area (Å²) in [6, 6.07) is 1.46. The van der Waals surface area contributed by atoms with Crippen molar-refractivity contribution in [2.45, 2.75) is 24.7 Å². The van der Waals surface area contributed by atoms with Crippen molar-refractivity contribution < 1.29 is 13.5 Å². The van der Waals surface area contributed by atoms with Crippen LogP contribution in [0.4, 0.5) is 0 Å². The molecule has 0 aliphatic heterocycles. The summed E-state index contributed by atoms with van der Waals surface area (Å²) in [5.41, 5.74) is 0.470. The Labute approximate surface area is 119 Å². The highest BCUT2D eigenvalue weighted by atomic mass is 32.2. The van der Waals surface area contributed by atoms with Crippen molar-refractivity contribution in [2.75, 3.05) is 13.2 Å². The molecule has 5 nitrogen and oxygen atoms in total. The standard InChI is InChI=1S/C14H18N2O3S/c1-11(13-4-5-13)8-16-20(18,19)14-7-12(3-2-6-17)9-15-10-14/h7,9-11,13,16-17H,4-6,8H2,1H3. The molecule has 1 saturated carbocycles. The molecule has 0 saturated heterocycles. The van der Waals surface area contributed by atoms with Gasteiger partial charge in [0, 0.05) is 24.5 Å². The zero-order chi connectivity index (χ0) is 14.6. The summed E-state index contributed by atoms with van der Waals surface area (Å²) in [7, 11) is -3.55. The normalized spacial score (nSPS) is 16.3. The maximum atomic E-state index is 12.2. The van der Waals surface area contributed by atoms with Gasteiger partial charge in [0.15, 0.2) is 0 Å². The molecule has 1 aromatic rings. The van der Waals surface area contributed by atoms with Crippen molar-refractivity contribution >= 4 is 10.0 Å². The van der Waals surface area contributed by atoms with Crippen LogP contribution >= 0.6 is 0 Å². The van der Waals surface area contributed by atoms with Crippen LogP contribution in [-0.4, -0.2) is 31.7 Å². The number of hydrogen-bond donors (Lipinski definition) is 2. The molecule has 1 aromatic heterocycles. The maximum absolute atomic E-state index is 12.2. The fraction of sp³-hybridized carbons (Fsp3) is 0.500. The molecule has 0 bridgehead atoms. The first-order valence-electron chi connectivity index (χ1n) is 6.57. The average Bonchev–Trinajstić information content (AvgIpc) is 3.27. The smallest absolute Gasteiger partial charge is 0.242 e. The molecular weight excluding hydrogens is 276 g/mol. The van der Waals surface area contributed by atoms with Crippen LogP contribution in [0, 0.1) is 23.7 Å². The van der Waals surface area contributed by atoms with Crippen molar-refractivity contribution in [3.8, 4) is 11.8 Å². The van der Waals surface area contributed by atoms with Crippen LogP contribution in [0.5, 0.6) is 0 Å². The second-order valence-electron chi connectivity index (χ2n) is 5.04. The van der Waals surface area contributed by atoms with Gasteiger partial charge in [0.1, 0.15) is 11.5 Å². The Morgan fingerprint density at radius 2 is 2.25 bits per heavy atom. The Bertz CT molecular complexity index is 627. The van der Waals surface area contributed by atoms with Crippen LogP contribution in [-0.2, 0) is 10.0 Å². The van der Waals surface area contributed by atoms with Crippen molar-refractivity contribution in [3.63, 3.8) is 0 Å². The van der Waals surface area contributed by atoms with E-state index in [1.54, 1.807) is 0 Å². The topological polar surface area (TPSA) is 79.3 Å². The average molecular weight is 294 g/mol. The number of aliphatic hydroxyl groups is 1. The molecule has 1 aliphatic carbocycles. The summed E-state index contributed by atoms with van der Waals surface area (Å²) in [4.78, 5) is 3.98. The molecule has 0 radical (unpaired) electrons. The fourth-order valence-electron chi connectivity index (χ4n) is 1.93. The van der Waals surface area contributed by atoms with Crippen LogP contribution in [0.2, 0.25) is 0 Å². The van der Waals surface area contributed by atoms with E-state index in [0.29, 0.717) is 23.9 Å². The molecule has 1 unspecified atom stereocenters. The van der Waals surface area contributed by atoms with E-state index in [-0.39, 0.29) is 11.5 Å². The Kier molecular flexibility index (Phi) is 4.76. The number of nitrogens with zero attached hydrogens (tertiary/aromatic N) is 1. The number of nitrogens with one attached hydrogen (secondary N) is 1. The summed E-state index contributed by atoms with van der Waals surface area (Å²) in [6.07, 6.45) is 5.15. The van der Waals surface area contributed by atoms with Crippen LogP contribution in [0.1, 0.15) is 25.3 Å². The number of sulfonamides is 1. The number of hydrogen-bond acceptors (Lipinski definition) is 4. The molecule has 1 aliphatic rings. The summed E-state index contributed by atoms with van der Waals surface area (Å²) in [5, 5.41) is 8.64. The van der Waals surface area contributed by atoms with Gasteiger partial charge in [0.25, 0.3) is 0 Å². The van der Waals surface area contributed by atoms with Crippen molar-refractivity contribution in [1.82, 2.24) is 9.71 Å². The zero-order valence-electron chi connectivity index (χ0n) is 11.3. The zero-order valence-corrected chi connectivity index (χ0v) is 12.2. The van der Waals surface area contributed by atoms with Crippen LogP contribution in [0.3, 0.4) is 0 Å². The second-order valence-corrected chi connectivity index (χ2v) is 6.80. The van der Waals surface area contributed by atoms with E-state index < -0.39 is 10.0 Å². The summed E-state index contributed by atoms with van der Waals surface area (Å²) in [5.74, 6) is 6.12. The van der Waals surface area contributed by atoms with Crippen LogP contribution in [0.15, 0.2) is 23.4 Å². The molecule has 0 spiro atoms. The lowest BCUT2D eigenvalue weighted by atomic mass is 10.1. The number of pyridine rings is 1. The van der Waals surface area contributed by atoms with Crippen molar-refractivity contribution in [3.05, 3.63) is 24.0 Å². The summed E-state index contributed by atoms with van der Waals surface area (Å²) < 4.78 is 26.9. The molecule has 1 atom stereocenters. The summed E-state index contributed by atoms with van der Waals surface area (Å²) >= 11 is 0. The lowest BCUT2D eigenvalue weighted by molar-refractivity contribution is 0.350. The van der Waals surface area contributed by atoms with Gasteiger partial charge in [0.2, 0.25) is 10.0 Å². The molecule has 20 heavy (non-hydrogen) atoms. The van der Waals surface area contributed by atoms with Gasteiger partial charge in [-0.05, 0) is 30.7 Å². The fourth-order valence-corrected chi connectivity index (χ4v) is 3.06. The molecule has 1 heterocycles. The van der Waals surface area contributed by atoms with E-state index in [1.807, 2.05) is 0 Å². The van der Waals surface area contributed by atoms with Crippen molar-refractivity contribution in [1.29, 1.82) is 0 Å². The van der Waals surface area contributed by atoms with Gasteiger partial charge >= 0.3 is 0 Å². The molecule has 108 valence electrons. The first kappa shape index (κ1) is 15.0. The minimum atomic E-state index is -3.55. The van der Waals surface area contributed by atoms with E-state index in [9.17, 15) is 8.42 Å².